The largest absolute Gasteiger partial charge is 0.278 e. The first-order valence-electron chi connectivity index (χ1n) is 21.5. The standard InChI is InChI=1S/C58H35N5/c1-2-16-36(17-3-1)37-30-32-38(33-31-37)55-59-56(62-50-27-13-7-20-41(50)42-21-8-14-28-51(42)62)61-57(60-55)63-52-29-15-9-22-43(52)44-34-35-49-53(54(44)63)45-23-6-12-26-48(45)58(49)46-24-10-4-18-39(46)40-19-5-11-25-47(40)58/h1-35H. The van der Waals surface area contributed by atoms with Crippen molar-refractivity contribution in [1.82, 2.24) is 24.1 Å². The van der Waals surface area contributed by atoms with Crippen LogP contribution in [0.25, 0.3) is 100 Å². The van der Waals surface area contributed by atoms with E-state index >= 15 is 0 Å². The molecule has 3 aromatic heterocycles. The third-order valence-electron chi connectivity index (χ3n) is 13.6. The minimum Gasteiger partial charge on any atom is -0.278 e. The normalized spacial score (nSPS) is 13.2. The molecule has 0 fully saturated rings. The van der Waals surface area contributed by atoms with Crippen LogP contribution >= 0.6 is 0 Å². The summed E-state index contributed by atoms with van der Waals surface area (Å²) in [5.41, 5.74) is 17.1. The first kappa shape index (κ1) is 34.3. The number of benzene rings is 9. The van der Waals surface area contributed by atoms with E-state index in [0.29, 0.717) is 17.7 Å². The van der Waals surface area contributed by atoms with Crippen LogP contribution in [0.15, 0.2) is 212 Å². The highest BCUT2D eigenvalue weighted by molar-refractivity contribution is 6.16. The highest BCUT2D eigenvalue weighted by Crippen LogP contribution is 2.64. The van der Waals surface area contributed by atoms with E-state index in [4.69, 9.17) is 15.0 Å². The van der Waals surface area contributed by atoms with Crippen molar-refractivity contribution in [3.63, 3.8) is 0 Å². The van der Waals surface area contributed by atoms with Crippen molar-refractivity contribution in [1.29, 1.82) is 0 Å². The predicted octanol–water partition coefficient (Wildman–Crippen LogP) is 13.7. The molecule has 0 saturated heterocycles. The Hall–Kier alpha value is -8.41. The molecule has 0 N–H and O–H groups in total. The Morgan fingerprint density at radius 1 is 0.302 bits per heavy atom. The van der Waals surface area contributed by atoms with Gasteiger partial charge in [0.2, 0.25) is 11.9 Å². The molecule has 0 saturated carbocycles. The number of hydrogen-bond acceptors (Lipinski definition) is 3. The zero-order chi connectivity index (χ0) is 41.2. The van der Waals surface area contributed by atoms with Crippen molar-refractivity contribution in [2.45, 2.75) is 5.41 Å². The molecule has 0 amide bonds. The Morgan fingerprint density at radius 2 is 0.746 bits per heavy atom. The van der Waals surface area contributed by atoms with Gasteiger partial charge in [0.1, 0.15) is 0 Å². The Kier molecular flexibility index (Phi) is 6.97. The first-order chi connectivity index (χ1) is 31.3. The Morgan fingerprint density at radius 3 is 1.37 bits per heavy atom. The smallest absolute Gasteiger partial charge is 0.240 e. The molecule has 292 valence electrons. The summed E-state index contributed by atoms with van der Waals surface area (Å²) in [7, 11) is 0. The van der Waals surface area contributed by atoms with Crippen molar-refractivity contribution in [3.8, 4) is 56.7 Å². The van der Waals surface area contributed by atoms with Crippen LogP contribution in [-0.4, -0.2) is 24.1 Å². The number of fused-ring (bicyclic) bond motifs is 17. The molecule has 63 heavy (non-hydrogen) atoms. The average molecular weight is 802 g/mol. The Labute approximate surface area is 362 Å². The van der Waals surface area contributed by atoms with E-state index in [1.165, 1.54) is 44.5 Å². The summed E-state index contributed by atoms with van der Waals surface area (Å²) in [4.78, 5) is 16.4. The third-order valence-corrected chi connectivity index (χ3v) is 13.6. The topological polar surface area (TPSA) is 48.5 Å². The molecular weight excluding hydrogens is 767 g/mol. The third kappa shape index (κ3) is 4.57. The van der Waals surface area contributed by atoms with Crippen LogP contribution in [0.1, 0.15) is 22.3 Å². The first-order valence-corrected chi connectivity index (χ1v) is 21.5. The quantitative estimate of drug-likeness (QED) is 0.178. The predicted molar refractivity (Wildman–Crippen MR) is 256 cm³/mol. The highest BCUT2D eigenvalue weighted by Gasteiger charge is 2.52. The van der Waals surface area contributed by atoms with Crippen molar-refractivity contribution in [2.75, 3.05) is 0 Å². The number of rotatable bonds is 4. The second-order valence-electron chi connectivity index (χ2n) is 16.7. The van der Waals surface area contributed by atoms with Gasteiger partial charge in [0.05, 0.1) is 27.5 Å². The van der Waals surface area contributed by atoms with Gasteiger partial charge in [-0.15, -0.1) is 0 Å². The Balaban J connectivity index is 1.10. The lowest BCUT2D eigenvalue weighted by molar-refractivity contribution is 0.794. The summed E-state index contributed by atoms with van der Waals surface area (Å²) >= 11 is 0. The van der Waals surface area contributed by atoms with E-state index in [9.17, 15) is 0 Å². The molecule has 0 atom stereocenters. The Bertz CT molecular complexity index is 3760. The van der Waals surface area contributed by atoms with E-state index in [1.54, 1.807) is 0 Å². The fourth-order valence-corrected chi connectivity index (χ4v) is 11.1. The van der Waals surface area contributed by atoms with E-state index < -0.39 is 5.41 Å². The molecule has 3 heterocycles. The molecule has 0 unspecified atom stereocenters. The molecule has 5 nitrogen and oxygen atoms in total. The van der Waals surface area contributed by atoms with Gasteiger partial charge >= 0.3 is 0 Å². The summed E-state index contributed by atoms with van der Waals surface area (Å²) in [6.07, 6.45) is 0. The van der Waals surface area contributed by atoms with Crippen molar-refractivity contribution < 1.29 is 0 Å². The molecule has 2 aliphatic rings. The molecule has 12 aromatic rings. The van der Waals surface area contributed by atoms with E-state index in [2.05, 4.69) is 221 Å². The number of aromatic nitrogens is 5. The zero-order valence-electron chi connectivity index (χ0n) is 33.9. The fourth-order valence-electron chi connectivity index (χ4n) is 11.1. The number of hydrogen-bond donors (Lipinski definition) is 0. The van der Waals surface area contributed by atoms with Gasteiger partial charge in [0, 0.05) is 32.7 Å². The molecule has 9 aromatic carbocycles. The van der Waals surface area contributed by atoms with Gasteiger partial charge in [-0.05, 0) is 68.3 Å². The second kappa shape index (κ2) is 12.8. The second-order valence-corrected chi connectivity index (χ2v) is 16.7. The van der Waals surface area contributed by atoms with Gasteiger partial charge < -0.3 is 0 Å². The summed E-state index contributed by atoms with van der Waals surface area (Å²) in [5, 5.41) is 4.60. The summed E-state index contributed by atoms with van der Waals surface area (Å²) in [5.74, 6) is 1.73. The lowest BCUT2D eigenvalue weighted by Gasteiger charge is -2.30. The lowest BCUT2D eigenvalue weighted by Crippen LogP contribution is -2.25. The van der Waals surface area contributed by atoms with Crippen LogP contribution < -0.4 is 0 Å². The molecular formula is C58H35N5. The van der Waals surface area contributed by atoms with Crippen molar-refractivity contribution >= 4 is 43.6 Å². The average Bonchev–Trinajstić information content (AvgIpc) is 4.06. The maximum absolute atomic E-state index is 5.56. The van der Waals surface area contributed by atoms with E-state index in [1.807, 2.05) is 0 Å². The molecule has 0 radical (unpaired) electrons. The molecule has 5 heteroatoms. The molecule has 14 rings (SSSR count). The lowest BCUT2D eigenvalue weighted by atomic mass is 9.70. The highest BCUT2D eigenvalue weighted by atomic mass is 15.3. The van der Waals surface area contributed by atoms with Crippen LogP contribution in [0.2, 0.25) is 0 Å². The minimum atomic E-state index is -0.493. The van der Waals surface area contributed by atoms with Gasteiger partial charge in [0.15, 0.2) is 5.82 Å². The van der Waals surface area contributed by atoms with Gasteiger partial charge in [0.25, 0.3) is 0 Å². The van der Waals surface area contributed by atoms with Gasteiger partial charge in [-0.3, -0.25) is 9.13 Å². The molecule has 1 spiro atoms. The zero-order valence-corrected chi connectivity index (χ0v) is 33.9. The van der Waals surface area contributed by atoms with Crippen LogP contribution in [0.3, 0.4) is 0 Å². The van der Waals surface area contributed by atoms with Crippen LogP contribution in [0.5, 0.6) is 0 Å². The van der Waals surface area contributed by atoms with Crippen LogP contribution in [0, 0.1) is 0 Å². The molecule has 2 aliphatic carbocycles. The van der Waals surface area contributed by atoms with E-state index in [0.717, 1.165) is 60.3 Å². The van der Waals surface area contributed by atoms with E-state index in [-0.39, 0.29) is 0 Å². The van der Waals surface area contributed by atoms with Gasteiger partial charge in [-0.25, -0.2) is 0 Å². The SMILES string of the molecule is c1ccc(-c2ccc(-c3nc(-n4c5ccccc5c5ccccc54)nc(-n4c5ccccc5c5ccc6c(c54)-c4ccccc4C64c5ccccc5-c5ccccc54)n3)cc2)cc1. The van der Waals surface area contributed by atoms with Crippen LogP contribution in [-0.2, 0) is 5.41 Å². The number of para-hydroxylation sites is 3. The summed E-state index contributed by atoms with van der Waals surface area (Å²) in [6.45, 7) is 0. The maximum Gasteiger partial charge on any atom is 0.240 e. The minimum absolute atomic E-state index is 0.493. The van der Waals surface area contributed by atoms with Gasteiger partial charge in [-0.1, -0.05) is 194 Å². The molecule has 0 bridgehead atoms. The van der Waals surface area contributed by atoms with Gasteiger partial charge in [-0.2, -0.15) is 15.0 Å². The summed E-state index contributed by atoms with van der Waals surface area (Å²) < 4.78 is 4.51. The van der Waals surface area contributed by atoms with Crippen molar-refractivity contribution in [3.05, 3.63) is 235 Å². The fraction of sp³-hybridized carbons (Fsp3) is 0.0172. The summed E-state index contributed by atoms with van der Waals surface area (Å²) in [6, 6.07) is 76.5. The van der Waals surface area contributed by atoms with Crippen LogP contribution in [0.4, 0.5) is 0 Å². The molecule has 0 aliphatic heterocycles. The monoisotopic (exact) mass is 801 g/mol. The maximum atomic E-state index is 5.56. The number of nitrogens with zero attached hydrogens (tertiary/aromatic N) is 5. The van der Waals surface area contributed by atoms with Crippen molar-refractivity contribution in [2.24, 2.45) is 0 Å².